The monoisotopic (exact) mass is 256 g/mol. The molecule has 0 radical (unpaired) electrons. The molecule has 0 amide bonds. The maximum Gasteiger partial charge on any atom is 0.139 e. The van der Waals surface area contributed by atoms with Crippen LogP contribution in [0.15, 0.2) is 12.3 Å². The van der Waals surface area contributed by atoms with Crippen LogP contribution in [-0.2, 0) is 16.2 Å². The van der Waals surface area contributed by atoms with Crippen molar-refractivity contribution >= 4 is 8.07 Å². The van der Waals surface area contributed by atoms with Crippen LogP contribution in [0.1, 0.15) is 18.7 Å². The first-order chi connectivity index (χ1) is 7.92. The zero-order valence-electron chi connectivity index (χ0n) is 11.6. The molecular formula is C12H24N2O2Si. The highest BCUT2D eigenvalue weighted by molar-refractivity contribution is 6.76. The highest BCUT2D eigenvalue weighted by Gasteiger charge is 2.12. The number of nitrogens with zero attached hydrogens (tertiary/aromatic N) is 2. The van der Waals surface area contributed by atoms with Crippen molar-refractivity contribution in [2.24, 2.45) is 0 Å². The van der Waals surface area contributed by atoms with Crippen molar-refractivity contribution in [3.05, 3.63) is 18.0 Å². The molecule has 1 atom stereocenters. The summed E-state index contributed by atoms with van der Waals surface area (Å²) < 4.78 is 12.6. The topological polar surface area (TPSA) is 36.3 Å². The van der Waals surface area contributed by atoms with Gasteiger partial charge in [0, 0.05) is 28.0 Å². The normalized spacial score (nSPS) is 13.9. The summed E-state index contributed by atoms with van der Waals surface area (Å²) in [4.78, 5) is 0. The van der Waals surface area contributed by atoms with Gasteiger partial charge in [-0.25, -0.2) is 4.68 Å². The van der Waals surface area contributed by atoms with Gasteiger partial charge in [-0.2, -0.15) is 5.10 Å². The molecule has 0 aliphatic carbocycles. The summed E-state index contributed by atoms with van der Waals surface area (Å²) in [7, 11) is 0.700. The van der Waals surface area contributed by atoms with Crippen LogP contribution in [0.5, 0.6) is 0 Å². The molecule has 0 aliphatic heterocycles. The van der Waals surface area contributed by atoms with E-state index in [1.54, 1.807) is 7.11 Å². The minimum Gasteiger partial charge on any atom is -0.375 e. The first-order valence-electron chi connectivity index (χ1n) is 6.06. The molecule has 98 valence electrons. The van der Waals surface area contributed by atoms with E-state index in [4.69, 9.17) is 9.47 Å². The molecule has 0 aliphatic rings. The molecule has 1 heterocycles. The molecule has 1 rings (SSSR count). The summed E-state index contributed by atoms with van der Waals surface area (Å²) in [5, 5.41) is 4.39. The predicted octanol–water partition coefficient (Wildman–Crippen LogP) is 2.90. The lowest BCUT2D eigenvalue weighted by molar-refractivity contribution is 0.0753. The van der Waals surface area contributed by atoms with E-state index >= 15 is 0 Å². The minimum atomic E-state index is -0.989. The molecule has 0 saturated heterocycles. The Labute approximate surface area is 105 Å². The van der Waals surface area contributed by atoms with Gasteiger partial charge in [0.05, 0.1) is 11.8 Å². The van der Waals surface area contributed by atoms with Crippen LogP contribution in [0.3, 0.4) is 0 Å². The number of hydrogen-bond donors (Lipinski definition) is 0. The Kier molecular flexibility index (Phi) is 5.36. The summed E-state index contributed by atoms with van der Waals surface area (Å²) in [6, 6.07) is 3.16. The maximum absolute atomic E-state index is 5.62. The van der Waals surface area contributed by atoms with Crippen LogP contribution >= 0.6 is 0 Å². The van der Waals surface area contributed by atoms with E-state index in [0.717, 1.165) is 12.3 Å². The van der Waals surface area contributed by atoms with Crippen LogP contribution in [0, 0.1) is 0 Å². The number of rotatable bonds is 7. The highest BCUT2D eigenvalue weighted by Crippen LogP contribution is 2.12. The second kappa shape index (κ2) is 6.33. The van der Waals surface area contributed by atoms with Crippen molar-refractivity contribution in [2.75, 3.05) is 13.7 Å². The van der Waals surface area contributed by atoms with Crippen molar-refractivity contribution < 1.29 is 9.47 Å². The van der Waals surface area contributed by atoms with E-state index in [1.807, 2.05) is 23.9 Å². The Bertz CT molecular complexity index is 333. The zero-order chi connectivity index (χ0) is 12.9. The fraction of sp³-hybridized carbons (Fsp3) is 0.750. The Morgan fingerprint density at radius 3 is 2.71 bits per heavy atom. The van der Waals surface area contributed by atoms with Crippen molar-refractivity contribution in [2.45, 2.75) is 45.4 Å². The van der Waals surface area contributed by atoms with Gasteiger partial charge in [-0.3, -0.25) is 0 Å². The molecule has 0 aromatic carbocycles. The maximum atomic E-state index is 5.62. The van der Waals surface area contributed by atoms with Gasteiger partial charge in [-0.15, -0.1) is 0 Å². The lowest BCUT2D eigenvalue weighted by atomic mass is 10.3. The number of ether oxygens (including phenoxy) is 2. The number of hydrogen-bond acceptors (Lipinski definition) is 3. The van der Waals surface area contributed by atoms with E-state index in [1.165, 1.54) is 6.04 Å². The summed E-state index contributed by atoms with van der Waals surface area (Å²) in [5.74, 6) is 0. The lowest BCUT2D eigenvalue weighted by Crippen LogP contribution is -2.22. The van der Waals surface area contributed by atoms with Crippen LogP contribution in [0.25, 0.3) is 0 Å². The fourth-order valence-electron chi connectivity index (χ4n) is 1.32. The van der Waals surface area contributed by atoms with Crippen molar-refractivity contribution in [1.29, 1.82) is 0 Å². The molecule has 0 spiro atoms. The summed E-state index contributed by atoms with van der Waals surface area (Å²) >= 11 is 0. The zero-order valence-corrected chi connectivity index (χ0v) is 12.6. The van der Waals surface area contributed by atoms with Gasteiger partial charge in [0.25, 0.3) is 0 Å². The molecule has 0 saturated carbocycles. The molecule has 1 aromatic heterocycles. The molecule has 0 N–H and O–H groups in total. The third kappa shape index (κ3) is 5.47. The Morgan fingerprint density at radius 2 is 2.12 bits per heavy atom. The van der Waals surface area contributed by atoms with E-state index in [9.17, 15) is 0 Å². The smallest absolute Gasteiger partial charge is 0.139 e. The molecule has 5 heteroatoms. The molecule has 4 nitrogen and oxygen atoms in total. The van der Waals surface area contributed by atoms with Crippen molar-refractivity contribution in [1.82, 2.24) is 9.78 Å². The third-order valence-electron chi connectivity index (χ3n) is 2.65. The van der Waals surface area contributed by atoms with E-state index in [-0.39, 0.29) is 6.10 Å². The van der Waals surface area contributed by atoms with Gasteiger partial charge >= 0.3 is 0 Å². The van der Waals surface area contributed by atoms with Gasteiger partial charge in [-0.1, -0.05) is 19.6 Å². The standard InChI is InChI=1S/C12H24N2O2Si/c1-11(15-2)12-6-7-14(13-12)10-16-8-9-17(3,4)5/h6-7,11H,8-10H2,1-5H3. The average Bonchev–Trinajstić information content (AvgIpc) is 2.70. The molecular weight excluding hydrogens is 232 g/mol. The van der Waals surface area contributed by atoms with Crippen molar-refractivity contribution in [3.8, 4) is 0 Å². The Hall–Kier alpha value is -0.653. The molecule has 0 fully saturated rings. The SMILES string of the molecule is COC(C)c1ccn(COCC[Si](C)(C)C)n1. The molecule has 1 unspecified atom stereocenters. The molecule has 0 bridgehead atoms. The van der Waals surface area contributed by atoms with Gasteiger partial charge in [0.2, 0.25) is 0 Å². The van der Waals surface area contributed by atoms with E-state index in [2.05, 4.69) is 24.7 Å². The van der Waals surface area contributed by atoms with Gasteiger partial charge in [-0.05, 0) is 19.0 Å². The summed E-state index contributed by atoms with van der Waals surface area (Å²) in [5.41, 5.74) is 0.946. The van der Waals surface area contributed by atoms with E-state index < -0.39 is 8.07 Å². The van der Waals surface area contributed by atoms with Gasteiger partial charge in [0.1, 0.15) is 6.73 Å². The lowest BCUT2D eigenvalue weighted by Gasteiger charge is -2.15. The van der Waals surface area contributed by atoms with Gasteiger partial charge in [0.15, 0.2) is 0 Å². The Morgan fingerprint density at radius 1 is 1.41 bits per heavy atom. The van der Waals surface area contributed by atoms with Crippen LogP contribution in [-0.4, -0.2) is 31.6 Å². The van der Waals surface area contributed by atoms with Crippen LogP contribution in [0.4, 0.5) is 0 Å². The largest absolute Gasteiger partial charge is 0.375 e. The molecule has 1 aromatic rings. The summed E-state index contributed by atoms with van der Waals surface area (Å²) in [6.45, 7) is 10.4. The molecule has 17 heavy (non-hydrogen) atoms. The average molecular weight is 256 g/mol. The fourth-order valence-corrected chi connectivity index (χ4v) is 2.08. The van der Waals surface area contributed by atoms with Crippen LogP contribution < -0.4 is 0 Å². The third-order valence-corrected chi connectivity index (χ3v) is 4.36. The van der Waals surface area contributed by atoms with Crippen LogP contribution in [0.2, 0.25) is 25.7 Å². The number of methoxy groups -OCH3 is 1. The summed E-state index contributed by atoms with van der Waals surface area (Å²) in [6.07, 6.45) is 1.97. The number of aromatic nitrogens is 2. The van der Waals surface area contributed by atoms with E-state index in [0.29, 0.717) is 6.73 Å². The van der Waals surface area contributed by atoms with Crippen molar-refractivity contribution in [3.63, 3.8) is 0 Å². The van der Waals surface area contributed by atoms with Gasteiger partial charge < -0.3 is 9.47 Å². The quantitative estimate of drug-likeness (QED) is 0.556. The predicted molar refractivity (Wildman–Crippen MR) is 71.8 cm³/mol. The Balaban J connectivity index is 2.30. The second-order valence-corrected chi connectivity index (χ2v) is 11.1. The first kappa shape index (κ1) is 14.4. The second-order valence-electron chi connectivity index (χ2n) is 5.51. The highest BCUT2D eigenvalue weighted by atomic mass is 28.3. The first-order valence-corrected chi connectivity index (χ1v) is 9.77. The minimum absolute atomic E-state index is 0.0400.